The Balaban J connectivity index is 2.04. The summed E-state index contributed by atoms with van der Waals surface area (Å²) in [5.74, 6) is 0.0588. The largest absolute Gasteiger partial charge is 0.389 e. The summed E-state index contributed by atoms with van der Waals surface area (Å²) >= 11 is 0. The number of Topliss-reactive ketones (excluding diaryl/α,β-unsaturated/α-hetero) is 1. The van der Waals surface area contributed by atoms with Crippen molar-refractivity contribution in [1.29, 1.82) is 0 Å². The lowest BCUT2D eigenvalue weighted by Crippen LogP contribution is -2.53. The molecule has 19 heavy (non-hydrogen) atoms. The number of aromatic nitrogens is 1. The molecule has 1 aromatic rings. The van der Waals surface area contributed by atoms with Crippen molar-refractivity contribution >= 4 is 5.78 Å². The number of β-amino-alcohol motifs (C(OH)–C–C–N with tert-alkyl or cyclic N) is 1. The molecule has 0 aliphatic carbocycles. The Morgan fingerprint density at radius 1 is 1.58 bits per heavy atom. The molecule has 0 amide bonds. The van der Waals surface area contributed by atoms with E-state index in [1.54, 1.807) is 13.8 Å². The topological polar surface area (TPSA) is 65.7 Å². The SMILES string of the molecule is CC(=O)c1cc(CN2CC[C@](C)(O)[C@@H](O)C2)n(C)c1. The van der Waals surface area contributed by atoms with Gasteiger partial charge >= 0.3 is 0 Å². The van der Waals surface area contributed by atoms with Gasteiger partial charge in [0.05, 0.1) is 11.7 Å². The first kappa shape index (κ1) is 14.2. The Morgan fingerprint density at radius 3 is 2.79 bits per heavy atom. The Morgan fingerprint density at radius 2 is 2.26 bits per heavy atom. The highest BCUT2D eigenvalue weighted by Gasteiger charge is 2.36. The summed E-state index contributed by atoms with van der Waals surface area (Å²) < 4.78 is 1.94. The third-order valence-electron chi connectivity index (χ3n) is 3.98. The number of rotatable bonds is 3. The number of aliphatic hydroxyl groups is 2. The van der Waals surface area contributed by atoms with Crippen molar-refractivity contribution in [2.75, 3.05) is 13.1 Å². The zero-order valence-electron chi connectivity index (χ0n) is 11.8. The average Bonchev–Trinajstić information content (AvgIpc) is 2.66. The molecule has 1 saturated heterocycles. The number of ketones is 1. The maximum absolute atomic E-state index is 11.3. The van der Waals surface area contributed by atoms with E-state index in [0.29, 0.717) is 25.1 Å². The lowest BCUT2D eigenvalue weighted by molar-refractivity contribution is -0.108. The minimum atomic E-state index is -0.991. The molecule has 2 N–H and O–H groups in total. The number of likely N-dealkylation sites (tertiary alicyclic amines) is 1. The van der Waals surface area contributed by atoms with E-state index in [9.17, 15) is 15.0 Å². The third-order valence-corrected chi connectivity index (χ3v) is 3.98. The normalized spacial score (nSPS) is 28.6. The molecular formula is C14H22N2O3. The number of carbonyl (C=O) groups excluding carboxylic acids is 1. The molecule has 0 saturated carbocycles. The van der Waals surface area contributed by atoms with E-state index >= 15 is 0 Å². The number of hydrogen-bond donors (Lipinski definition) is 2. The van der Waals surface area contributed by atoms with Gasteiger partial charge in [-0.05, 0) is 26.3 Å². The summed E-state index contributed by atoms with van der Waals surface area (Å²) in [5, 5.41) is 19.8. The van der Waals surface area contributed by atoms with Gasteiger partial charge in [-0.2, -0.15) is 0 Å². The number of aryl methyl sites for hydroxylation is 1. The zero-order valence-corrected chi connectivity index (χ0v) is 11.8. The van der Waals surface area contributed by atoms with Crippen molar-refractivity contribution in [3.05, 3.63) is 23.5 Å². The molecular weight excluding hydrogens is 244 g/mol. The van der Waals surface area contributed by atoms with Gasteiger partial charge in [-0.1, -0.05) is 0 Å². The van der Waals surface area contributed by atoms with Gasteiger partial charge in [-0.3, -0.25) is 9.69 Å². The minimum absolute atomic E-state index is 0.0588. The summed E-state index contributed by atoms with van der Waals surface area (Å²) in [4.78, 5) is 13.4. The highest BCUT2D eigenvalue weighted by Crippen LogP contribution is 2.23. The van der Waals surface area contributed by atoms with E-state index in [4.69, 9.17) is 0 Å². The monoisotopic (exact) mass is 266 g/mol. The number of carbonyl (C=O) groups is 1. The number of piperidine rings is 1. The number of nitrogens with zero attached hydrogens (tertiary/aromatic N) is 2. The van der Waals surface area contributed by atoms with Crippen LogP contribution in [-0.2, 0) is 13.6 Å². The zero-order chi connectivity index (χ0) is 14.2. The van der Waals surface area contributed by atoms with Crippen LogP contribution in [0, 0.1) is 0 Å². The second kappa shape index (κ2) is 5.07. The molecule has 1 aliphatic rings. The Bertz CT molecular complexity index is 479. The molecule has 2 rings (SSSR count). The first-order valence-electron chi connectivity index (χ1n) is 6.58. The van der Waals surface area contributed by atoms with Gasteiger partial charge in [0.2, 0.25) is 0 Å². The molecule has 0 radical (unpaired) electrons. The van der Waals surface area contributed by atoms with E-state index in [1.165, 1.54) is 0 Å². The Kier molecular flexibility index (Phi) is 3.80. The average molecular weight is 266 g/mol. The van der Waals surface area contributed by atoms with Crippen LogP contribution in [0.25, 0.3) is 0 Å². The highest BCUT2D eigenvalue weighted by molar-refractivity contribution is 5.94. The number of hydrogen-bond acceptors (Lipinski definition) is 4. The number of aliphatic hydroxyl groups excluding tert-OH is 1. The van der Waals surface area contributed by atoms with Crippen molar-refractivity contribution in [1.82, 2.24) is 9.47 Å². The fourth-order valence-electron chi connectivity index (χ4n) is 2.42. The van der Waals surface area contributed by atoms with Gasteiger partial charge in [0.25, 0.3) is 0 Å². The molecule has 2 atom stereocenters. The van der Waals surface area contributed by atoms with Crippen molar-refractivity contribution in [3.63, 3.8) is 0 Å². The Labute approximate surface area is 113 Å². The standard InChI is InChI=1S/C14H22N2O3/c1-10(17)11-6-12(15(3)7-11)8-16-5-4-14(2,19)13(18)9-16/h6-7,13,18-19H,4-5,8-9H2,1-3H3/t13-,14-/m0/s1. The van der Waals surface area contributed by atoms with Crippen LogP contribution in [0.1, 0.15) is 36.3 Å². The molecule has 106 valence electrons. The molecule has 5 nitrogen and oxygen atoms in total. The van der Waals surface area contributed by atoms with Crippen LogP contribution in [0.5, 0.6) is 0 Å². The Hall–Kier alpha value is -1.17. The fraction of sp³-hybridized carbons (Fsp3) is 0.643. The molecule has 2 heterocycles. The van der Waals surface area contributed by atoms with Gasteiger partial charge in [-0.15, -0.1) is 0 Å². The van der Waals surface area contributed by atoms with Crippen molar-refractivity contribution in [3.8, 4) is 0 Å². The maximum Gasteiger partial charge on any atom is 0.161 e. The summed E-state index contributed by atoms with van der Waals surface area (Å²) in [6, 6.07) is 1.89. The quantitative estimate of drug-likeness (QED) is 0.784. The van der Waals surface area contributed by atoms with E-state index < -0.39 is 11.7 Å². The van der Waals surface area contributed by atoms with Gasteiger partial charge in [0.15, 0.2) is 5.78 Å². The summed E-state index contributed by atoms with van der Waals surface area (Å²) in [6.07, 6.45) is 1.65. The molecule has 1 aliphatic heterocycles. The molecule has 1 fully saturated rings. The minimum Gasteiger partial charge on any atom is -0.389 e. The fourth-order valence-corrected chi connectivity index (χ4v) is 2.42. The van der Waals surface area contributed by atoms with Crippen molar-refractivity contribution < 1.29 is 15.0 Å². The molecule has 0 bridgehead atoms. The summed E-state index contributed by atoms with van der Waals surface area (Å²) in [6.45, 7) is 5.10. The van der Waals surface area contributed by atoms with Crippen LogP contribution < -0.4 is 0 Å². The lowest BCUT2D eigenvalue weighted by Gasteiger charge is -2.39. The van der Waals surface area contributed by atoms with Crippen LogP contribution in [0.3, 0.4) is 0 Å². The van der Waals surface area contributed by atoms with Gasteiger partial charge in [0, 0.05) is 44.1 Å². The van der Waals surface area contributed by atoms with E-state index in [2.05, 4.69) is 4.90 Å². The summed E-state index contributed by atoms with van der Waals surface area (Å²) in [7, 11) is 1.91. The predicted octanol–water partition coefficient (Wildman–Crippen LogP) is 0.545. The van der Waals surface area contributed by atoms with Crippen molar-refractivity contribution in [2.24, 2.45) is 7.05 Å². The smallest absolute Gasteiger partial charge is 0.161 e. The van der Waals surface area contributed by atoms with Crippen LogP contribution in [0.15, 0.2) is 12.3 Å². The third kappa shape index (κ3) is 3.05. The second-order valence-electron chi connectivity index (χ2n) is 5.75. The van der Waals surface area contributed by atoms with Crippen molar-refractivity contribution in [2.45, 2.75) is 38.5 Å². The van der Waals surface area contributed by atoms with E-state index in [-0.39, 0.29) is 5.78 Å². The first-order chi connectivity index (χ1) is 8.79. The van der Waals surface area contributed by atoms with Crippen LogP contribution in [0.2, 0.25) is 0 Å². The lowest BCUT2D eigenvalue weighted by atomic mass is 9.91. The van der Waals surface area contributed by atoms with Crippen LogP contribution in [0.4, 0.5) is 0 Å². The molecule has 5 heteroatoms. The maximum atomic E-state index is 11.3. The molecule has 0 aromatic carbocycles. The predicted molar refractivity (Wildman–Crippen MR) is 71.9 cm³/mol. The second-order valence-corrected chi connectivity index (χ2v) is 5.75. The van der Waals surface area contributed by atoms with E-state index in [0.717, 1.165) is 12.2 Å². The summed E-state index contributed by atoms with van der Waals surface area (Å²) in [5.41, 5.74) is 0.760. The molecule has 0 spiro atoms. The van der Waals surface area contributed by atoms with Crippen LogP contribution >= 0.6 is 0 Å². The van der Waals surface area contributed by atoms with Gasteiger partial charge < -0.3 is 14.8 Å². The highest BCUT2D eigenvalue weighted by atomic mass is 16.3. The van der Waals surface area contributed by atoms with Crippen LogP contribution in [-0.4, -0.2) is 50.3 Å². The van der Waals surface area contributed by atoms with Gasteiger partial charge in [-0.25, -0.2) is 0 Å². The molecule has 1 aromatic heterocycles. The first-order valence-corrected chi connectivity index (χ1v) is 6.58. The van der Waals surface area contributed by atoms with Gasteiger partial charge in [0.1, 0.15) is 0 Å². The van der Waals surface area contributed by atoms with E-state index in [1.807, 2.05) is 23.9 Å². The molecule has 0 unspecified atom stereocenters.